The number of benzene rings is 1. The fourth-order valence-corrected chi connectivity index (χ4v) is 1.99. The Labute approximate surface area is 116 Å². The van der Waals surface area contributed by atoms with E-state index in [9.17, 15) is 9.18 Å². The maximum atomic E-state index is 14.0. The summed E-state index contributed by atoms with van der Waals surface area (Å²) in [6.45, 7) is 2.76. The van der Waals surface area contributed by atoms with Gasteiger partial charge < -0.3 is 16.4 Å². The normalized spacial score (nSPS) is 10.5. The van der Waals surface area contributed by atoms with Crippen molar-refractivity contribution in [1.29, 1.82) is 0 Å². The number of nitrogens with zero attached hydrogens (tertiary/aromatic N) is 1. The zero-order valence-electron chi connectivity index (χ0n) is 11.2. The molecule has 1 amide bonds. The van der Waals surface area contributed by atoms with Crippen molar-refractivity contribution in [3.05, 3.63) is 30.2 Å². The molecule has 6 heteroatoms. The van der Waals surface area contributed by atoms with Crippen LogP contribution in [0, 0.1) is 5.82 Å². The van der Waals surface area contributed by atoms with E-state index in [0.29, 0.717) is 29.7 Å². The molecule has 1 aromatic carbocycles. The molecule has 0 saturated carbocycles. The molecule has 0 aliphatic rings. The van der Waals surface area contributed by atoms with Crippen LogP contribution in [0.1, 0.15) is 13.3 Å². The number of rotatable bonds is 5. The number of carbonyl (C=O) groups excluding carboxylic acids is 1. The molecule has 20 heavy (non-hydrogen) atoms. The van der Waals surface area contributed by atoms with E-state index in [4.69, 9.17) is 5.73 Å². The number of halogens is 1. The van der Waals surface area contributed by atoms with E-state index in [1.807, 2.05) is 6.92 Å². The Hall–Kier alpha value is -2.37. The largest absolute Gasteiger partial charge is 0.398 e. The zero-order chi connectivity index (χ0) is 14.5. The number of hydrogen-bond donors (Lipinski definition) is 3. The van der Waals surface area contributed by atoms with Crippen LogP contribution in [0.3, 0.4) is 0 Å². The highest BCUT2D eigenvalue weighted by atomic mass is 19.1. The maximum absolute atomic E-state index is 14.0. The number of anilines is 2. The third kappa shape index (κ3) is 2.96. The van der Waals surface area contributed by atoms with Crippen LogP contribution < -0.4 is 16.4 Å². The average molecular weight is 276 g/mol. The van der Waals surface area contributed by atoms with Crippen LogP contribution >= 0.6 is 0 Å². The van der Waals surface area contributed by atoms with Gasteiger partial charge in [0.1, 0.15) is 0 Å². The van der Waals surface area contributed by atoms with Crippen LogP contribution in [0.4, 0.5) is 15.8 Å². The molecule has 4 N–H and O–H groups in total. The van der Waals surface area contributed by atoms with E-state index in [1.165, 1.54) is 6.07 Å². The molecular weight excluding hydrogens is 259 g/mol. The Balaban J connectivity index is 2.19. The Kier molecular flexibility index (Phi) is 4.34. The molecule has 2 aromatic rings. The lowest BCUT2D eigenvalue weighted by Crippen LogP contribution is -2.24. The maximum Gasteiger partial charge on any atom is 0.221 e. The van der Waals surface area contributed by atoms with Gasteiger partial charge in [0.2, 0.25) is 5.91 Å². The van der Waals surface area contributed by atoms with Crippen molar-refractivity contribution in [2.45, 2.75) is 13.3 Å². The van der Waals surface area contributed by atoms with Gasteiger partial charge in [-0.3, -0.25) is 9.78 Å². The van der Waals surface area contributed by atoms with Crippen LogP contribution in [0.5, 0.6) is 0 Å². The molecule has 2 rings (SSSR count). The highest BCUT2D eigenvalue weighted by molar-refractivity contribution is 5.98. The Morgan fingerprint density at radius 2 is 2.30 bits per heavy atom. The molecule has 0 unspecified atom stereocenters. The summed E-state index contributed by atoms with van der Waals surface area (Å²) in [6, 6.07) is 4.79. The highest BCUT2D eigenvalue weighted by Crippen LogP contribution is 2.29. The predicted octanol–water partition coefficient (Wildman–Crippen LogP) is 1.89. The second-order valence-corrected chi connectivity index (χ2v) is 4.35. The Morgan fingerprint density at radius 3 is 3.05 bits per heavy atom. The average Bonchev–Trinajstić information content (AvgIpc) is 2.43. The molecule has 0 aliphatic heterocycles. The molecule has 0 aliphatic carbocycles. The summed E-state index contributed by atoms with van der Waals surface area (Å²) in [5, 5.41) is 6.29. The zero-order valence-corrected chi connectivity index (χ0v) is 11.2. The molecule has 106 valence electrons. The summed E-state index contributed by atoms with van der Waals surface area (Å²) in [5.74, 6) is -0.544. The standard InChI is InChI=1S/C14H17FN4O/c1-2-17-12(20)5-7-19-14-10(15)8-11(16)9-4-3-6-18-13(9)14/h3-4,6,8,19H,2,5,7,16H2,1H3,(H,17,20). The quantitative estimate of drug-likeness (QED) is 0.729. The molecule has 0 bridgehead atoms. The lowest BCUT2D eigenvalue weighted by Gasteiger charge is -2.11. The third-order valence-electron chi connectivity index (χ3n) is 2.90. The smallest absolute Gasteiger partial charge is 0.221 e. The minimum atomic E-state index is -0.468. The molecule has 0 radical (unpaired) electrons. The van der Waals surface area contributed by atoms with Crippen molar-refractivity contribution in [1.82, 2.24) is 10.3 Å². The first-order valence-electron chi connectivity index (χ1n) is 6.46. The monoisotopic (exact) mass is 276 g/mol. The lowest BCUT2D eigenvalue weighted by atomic mass is 10.1. The van der Waals surface area contributed by atoms with Gasteiger partial charge >= 0.3 is 0 Å². The van der Waals surface area contributed by atoms with Crippen molar-refractivity contribution in [3.63, 3.8) is 0 Å². The van der Waals surface area contributed by atoms with Gasteiger partial charge in [-0.15, -0.1) is 0 Å². The van der Waals surface area contributed by atoms with Gasteiger partial charge in [-0.05, 0) is 25.1 Å². The number of aromatic nitrogens is 1. The predicted molar refractivity (Wildman–Crippen MR) is 77.9 cm³/mol. The highest BCUT2D eigenvalue weighted by Gasteiger charge is 2.11. The van der Waals surface area contributed by atoms with Gasteiger partial charge in [-0.1, -0.05) is 0 Å². The molecule has 0 spiro atoms. The van der Waals surface area contributed by atoms with Crippen LogP contribution in [-0.2, 0) is 4.79 Å². The number of hydrogen-bond acceptors (Lipinski definition) is 4. The number of pyridine rings is 1. The molecule has 5 nitrogen and oxygen atoms in total. The fraction of sp³-hybridized carbons (Fsp3) is 0.286. The third-order valence-corrected chi connectivity index (χ3v) is 2.90. The van der Waals surface area contributed by atoms with Gasteiger partial charge in [-0.25, -0.2) is 4.39 Å². The topological polar surface area (TPSA) is 80.0 Å². The van der Waals surface area contributed by atoms with Crippen molar-refractivity contribution in [3.8, 4) is 0 Å². The molecule has 0 fully saturated rings. The minimum Gasteiger partial charge on any atom is -0.398 e. The molecular formula is C14H17FN4O. The van der Waals surface area contributed by atoms with Gasteiger partial charge in [0.15, 0.2) is 5.82 Å². The minimum absolute atomic E-state index is 0.0758. The fourth-order valence-electron chi connectivity index (χ4n) is 1.99. The summed E-state index contributed by atoms with van der Waals surface area (Å²) >= 11 is 0. The molecule has 1 aromatic heterocycles. The Bertz CT molecular complexity index is 630. The van der Waals surface area contributed by atoms with E-state index in [0.717, 1.165) is 0 Å². The first-order valence-corrected chi connectivity index (χ1v) is 6.46. The van der Waals surface area contributed by atoms with Crippen molar-refractivity contribution in [2.75, 3.05) is 24.1 Å². The number of carbonyl (C=O) groups is 1. The molecule has 0 atom stereocenters. The van der Waals surface area contributed by atoms with E-state index in [1.54, 1.807) is 18.3 Å². The number of nitrogen functional groups attached to an aromatic ring is 1. The van der Waals surface area contributed by atoms with Gasteiger partial charge in [-0.2, -0.15) is 0 Å². The van der Waals surface area contributed by atoms with Gasteiger partial charge in [0, 0.05) is 36.8 Å². The van der Waals surface area contributed by atoms with E-state index in [2.05, 4.69) is 15.6 Å². The number of nitrogens with one attached hydrogen (secondary N) is 2. The first kappa shape index (κ1) is 14.0. The van der Waals surface area contributed by atoms with Crippen molar-refractivity contribution < 1.29 is 9.18 Å². The number of nitrogens with two attached hydrogens (primary N) is 1. The van der Waals surface area contributed by atoms with E-state index in [-0.39, 0.29) is 18.0 Å². The van der Waals surface area contributed by atoms with Crippen LogP contribution in [-0.4, -0.2) is 24.0 Å². The summed E-state index contributed by atoms with van der Waals surface area (Å²) in [4.78, 5) is 15.5. The van der Waals surface area contributed by atoms with E-state index >= 15 is 0 Å². The van der Waals surface area contributed by atoms with Crippen LogP contribution in [0.2, 0.25) is 0 Å². The summed E-state index contributed by atoms with van der Waals surface area (Å²) in [7, 11) is 0. The number of amides is 1. The SMILES string of the molecule is CCNC(=O)CCNc1c(F)cc(N)c2cccnc12. The summed E-state index contributed by atoms with van der Waals surface area (Å²) < 4.78 is 14.0. The van der Waals surface area contributed by atoms with Gasteiger partial charge in [0.25, 0.3) is 0 Å². The van der Waals surface area contributed by atoms with Crippen molar-refractivity contribution in [2.24, 2.45) is 0 Å². The van der Waals surface area contributed by atoms with E-state index < -0.39 is 5.82 Å². The Morgan fingerprint density at radius 1 is 1.50 bits per heavy atom. The number of fused-ring (bicyclic) bond motifs is 1. The summed E-state index contributed by atoms with van der Waals surface area (Å²) in [6.07, 6.45) is 1.85. The molecule has 1 heterocycles. The van der Waals surface area contributed by atoms with Crippen LogP contribution in [0.25, 0.3) is 10.9 Å². The summed E-state index contributed by atoms with van der Waals surface area (Å²) in [5.41, 5.74) is 6.87. The second-order valence-electron chi connectivity index (χ2n) is 4.35. The molecule has 0 saturated heterocycles. The first-order chi connectivity index (χ1) is 9.63. The lowest BCUT2D eigenvalue weighted by molar-refractivity contribution is -0.120. The second kappa shape index (κ2) is 6.18. The van der Waals surface area contributed by atoms with Crippen molar-refractivity contribution >= 4 is 28.2 Å². The van der Waals surface area contributed by atoms with Crippen LogP contribution in [0.15, 0.2) is 24.4 Å². The van der Waals surface area contributed by atoms with Gasteiger partial charge in [0.05, 0.1) is 11.2 Å².